The van der Waals surface area contributed by atoms with E-state index in [2.05, 4.69) is 28.9 Å². The highest BCUT2D eigenvalue weighted by Gasteiger charge is 2.66. The second-order valence-electron chi connectivity index (χ2n) is 6.07. The fourth-order valence-electron chi connectivity index (χ4n) is 4.77. The molecule has 4 rings (SSSR count). The van der Waals surface area contributed by atoms with Gasteiger partial charge in [0.2, 0.25) is 0 Å². The standard InChI is InChI=1S/C14H17BrOS/c1-6-9(5-10(15)17-6)14(16)13-11-7-2-3-8(4-7)12(11)13/h5,7-8,11-14,16H,2-4H2,1H3. The van der Waals surface area contributed by atoms with E-state index in [-0.39, 0.29) is 6.10 Å². The van der Waals surface area contributed by atoms with Crippen molar-refractivity contribution in [2.24, 2.45) is 29.6 Å². The molecule has 3 aliphatic carbocycles. The predicted molar refractivity (Wildman–Crippen MR) is 73.0 cm³/mol. The Morgan fingerprint density at radius 2 is 2.00 bits per heavy atom. The molecular weight excluding hydrogens is 296 g/mol. The van der Waals surface area contributed by atoms with Gasteiger partial charge in [0, 0.05) is 4.88 Å². The first-order chi connectivity index (χ1) is 8.16. The van der Waals surface area contributed by atoms with Gasteiger partial charge in [-0.1, -0.05) is 0 Å². The summed E-state index contributed by atoms with van der Waals surface area (Å²) in [5.41, 5.74) is 1.18. The van der Waals surface area contributed by atoms with Crippen molar-refractivity contribution in [3.63, 3.8) is 0 Å². The van der Waals surface area contributed by atoms with Gasteiger partial charge in [-0.15, -0.1) is 11.3 Å². The van der Waals surface area contributed by atoms with Crippen molar-refractivity contribution in [1.29, 1.82) is 0 Å². The maximum absolute atomic E-state index is 10.6. The monoisotopic (exact) mass is 312 g/mol. The normalized spacial score (nSPS) is 43.8. The number of hydrogen-bond donors (Lipinski definition) is 1. The Hall–Kier alpha value is 0.140. The van der Waals surface area contributed by atoms with Crippen molar-refractivity contribution < 1.29 is 5.11 Å². The van der Waals surface area contributed by atoms with Crippen LogP contribution in [0.15, 0.2) is 9.85 Å². The lowest BCUT2D eigenvalue weighted by Gasteiger charge is -2.15. The zero-order valence-electron chi connectivity index (χ0n) is 9.90. The van der Waals surface area contributed by atoms with Crippen molar-refractivity contribution in [1.82, 2.24) is 0 Å². The van der Waals surface area contributed by atoms with Crippen LogP contribution in [0, 0.1) is 36.5 Å². The second-order valence-corrected chi connectivity index (χ2v) is 8.71. The molecule has 5 unspecified atom stereocenters. The Balaban J connectivity index is 1.59. The van der Waals surface area contributed by atoms with Gasteiger partial charge in [0.15, 0.2) is 0 Å². The van der Waals surface area contributed by atoms with Gasteiger partial charge >= 0.3 is 0 Å². The Labute approximate surface area is 114 Å². The van der Waals surface area contributed by atoms with E-state index in [1.54, 1.807) is 11.3 Å². The second kappa shape index (κ2) is 3.58. The van der Waals surface area contributed by atoms with E-state index in [4.69, 9.17) is 0 Å². The summed E-state index contributed by atoms with van der Waals surface area (Å²) in [4.78, 5) is 1.28. The summed E-state index contributed by atoms with van der Waals surface area (Å²) >= 11 is 5.27. The van der Waals surface area contributed by atoms with Crippen LogP contribution in [0.1, 0.15) is 35.8 Å². The van der Waals surface area contributed by atoms with Crippen LogP contribution in [0.2, 0.25) is 0 Å². The lowest BCUT2D eigenvalue weighted by atomic mass is 9.95. The number of thiophene rings is 1. The lowest BCUT2D eigenvalue weighted by molar-refractivity contribution is 0.130. The molecule has 5 atom stereocenters. The van der Waals surface area contributed by atoms with E-state index in [0.717, 1.165) is 27.5 Å². The molecule has 1 heterocycles. The highest BCUT2D eigenvalue weighted by molar-refractivity contribution is 9.11. The van der Waals surface area contributed by atoms with Crippen LogP contribution in [0.25, 0.3) is 0 Å². The molecule has 3 saturated carbocycles. The summed E-state index contributed by atoms with van der Waals surface area (Å²) < 4.78 is 1.15. The first-order valence-electron chi connectivity index (χ1n) is 6.60. The molecule has 1 aromatic heterocycles. The van der Waals surface area contributed by atoms with Crippen LogP contribution in [-0.2, 0) is 0 Å². The zero-order valence-corrected chi connectivity index (χ0v) is 12.3. The van der Waals surface area contributed by atoms with Crippen LogP contribution >= 0.6 is 27.3 Å². The molecule has 17 heavy (non-hydrogen) atoms. The molecule has 0 aromatic carbocycles. The van der Waals surface area contributed by atoms with Crippen LogP contribution in [-0.4, -0.2) is 5.11 Å². The Morgan fingerprint density at radius 1 is 1.35 bits per heavy atom. The molecule has 1 N–H and O–H groups in total. The number of rotatable bonds is 2. The Kier molecular flexibility index (Phi) is 2.32. The maximum atomic E-state index is 10.6. The minimum Gasteiger partial charge on any atom is -0.388 e. The average Bonchev–Trinajstić information content (AvgIpc) is 2.59. The van der Waals surface area contributed by atoms with E-state index in [9.17, 15) is 5.11 Å². The summed E-state index contributed by atoms with van der Waals surface area (Å²) in [5.74, 6) is 4.21. The first kappa shape index (κ1) is 11.0. The molecular formula is C14H17BrOS. The zero-order chi connectivity index (χ0) is 11.7. The number of aliphatic hydroxyl groups is 1. The van der Waals surface area contributed by atoms with Crippen molar-refractivity contribution in [3.05, 3.63) is 20.3 Å². The number of halogens is 1. The van der Waals surface area contributed by atoms with Crippen molar-refractivity contribution in [2.45, 2.75) is 32.3 Å². The van der Waals surface area contributed by atoms with Gasteiger partial charge in [-0.2, -0.15) is 0 Å². The number of hydrogen-bond acceptors (Lipinski definition) is 2. The largest absolute Gasteiger partial charge is 0.388 e. The predicted octanol–water partition coefficient (Wildman–Crippen LogP) is 4.14. The molecule has 92 valence electrons. The van der Waals surface area contributed by atoms with E-state index in [0.29, 0.717) is 5.92 Å². The lowest BCUT2D eigenvalue weighted by Crippen LogP contribution is -2.08. The molecule has 3 heteroatoms. The molecule has 3 fully saturated rings. The number of aliphatic hydroxyl groups excluding tert-OH is 1. The smallest absolute Gasteiger partial charge is 0.0834 e. The minimum absolute atomic E-state index is 0.198. The van der Waals surface area contributed by atoms with Gasteiger partial charge in [-0.3, -0.25) is 0 Å². The molecule has 2 bridgehead atoms. The van der Waals surface area contributed by atoms with E-state index in [1.807, 2.05) is 0 Å². The third-order valence-electron chi connectivity index (χ3n) is 5.40. The Bertz CT molecular complexity index is 453. The summed E-state index contributed by atoms with van der Waals surface area (Å²) in [5, 5.41) is 10.6. The third-order valence-corrected chi connectivity index (χ3v) is 6.97. The molecule has 1 nitrogen and oxygen atoms in total. The maximum Gasteiger partial charge on any atom is 0.0834 e. The molecule has 0 spiro atoms. The van der Waals surface area contributed by atoms with Gasteiger partial charge in [-0.25, -0.2) is 0 Å². The van der Waals surface area contributed by atoms with Gasteiger partial charge in [-0.05, 0) is 83.3 Å². The summed E-state index contributed by atoms with van der Waals surface area (Å²) in [6, 6.07) is 2.13. The molecule has 0 aliphatic heterocycles. The molecule has 3 aliphatic rings. The summed E-state index contributed by atoms with van der Waals surface area (Å²) in [6.07, 6.45) is 4.13. The van der Waals surface area contributed by atoms with E-state index in [1.165, 1.54) is 29.7 Å². The highest BCUT2D eigenvalue weighted by Crippen LogP contribution is 2.72. The van der Waals surface area contributed by atoms with E-state index >= 15 is 0 Å². The van der Waals surface area contributed by atoms with Gasteiger partial charge < -0.3 is 5.11 Å². The fourth-order valence-corrected chi connectivity index (χ4v) is 6.53. The molecule has 0 amide bonds. The Morgan fingerprint density at radius 3 is 2.53 bits per heavy atom. The topological polar surface area (TPSA) is 20.2 Å². The quantitative estimate of drug-likeness (QED) is 0.870. The van der Waals surface area contributed by atoms with Crippen molar-refractivity contribution in [2.75, 3.05) is 0 Å². The van der Waals surface area contributed by atoms with Crippen LogP contribution in [0.3, 0.4) is 0 Å². The highest BCUT2D eigenvalue weighted by atomic mass is 79.9. The number of aryl methyl sites for hydroxylation is 1. The third kappa shape index (κ3) is 1.45. The van der Waals surface area contributed by atoms with Gasteiger partial charge in [0.25, 0.3) is 0 Å². The summed E-state index contributed by atoms with van der Waals surface area (Å²) in [6.45, 7) is 2.13. The van der Waals surface area contributed by atoms with Gasteiger partial charge in [0.05, 0.1) is 9.89 Å². The van der Waals surface area contributed by atoms with Crippen LogP contribution in [0.5, 0.6) is 0 Å². The molecule has 1 aromatic rings. The van der Waals surface area contributed by atoms with Crippen LogP contribution in [0.4, 0.5) is 0 Å². The molecule has 0 saturated heterocycles. The van der Waals surface area contributed by atoms with E-state index < -0.39 is 0 Å². The van der Waals surface area contributed by atoms with Crippen LogP contribution < -0.4 is 0 Å². The summed E-state index contributed by atoms with van der Waals surface area (Å²) in [7, 11) is 0. The van der Waals surface area contributed by atoms with Gasteiger partial charge in [0.1, 0.15) is 0 Å². The van der Waals surface area contributed by atoms with Crippen molar-refractivity contribution in [3.8, 4) is 0 Å². The average molecular weight is 313 g/mol. The number of fused-ring (bicyclic) bond motifs is 5. The first-order valence-corrected chi connectivity index (χ1v) is 8.21. The SMILES string of the molecule is Cc1sc(Br)cc1C(O)C1C2C3CCC(C3)C21. The fraction of sp³-hybridized carbons (Fsp3) is 0.714. The molecule has 0 radical (unpaired) electrons. The van der Waals surface area contributed by atoms with Crippen molar-refractivity contribution >= 4 is 27.3 Å². The minimum atomic E-state index is -0.198.